The molecule has 1 heterocycles. The molecule has 0 saturated carbocycles. The van der Waals surface area contributed by atoms with Gasteiger partial charge in [0.2, 0.25) is 0 Å². The van der Waals surface area contributed by atoms with Crippen molar-refractivity contribution in [3.63, 3.8) is 0 Å². The third-order valence-corrected chi connectivity index (χ3v) is 6.04. The first-order valence-electron chi connectivity index (χ1n) is 10.0. The maximum atomic E-state index is 12.8. The lowest BCUT2D eigenvalue weighted by molar-refractivity contribution is -0.139. The zero-order valence-corrected chi connectivity index (χ0v) is 18.8. The Morgan fingerprint density at radius 1 is 1.12 bits per heavy atom. The Hall–Kier alpha value is -3.92. The monoisotopic (exact) mass is 469 g/mol. The van der Waals surface area contributed by atoms with Gasteiger partial charge in [0.15, 0.2) is 6.61 Å². The maximum Gasteiger partial charge on any atom is 0.341 e. The smallest absolute Gasteiger partial charge is 0.341 e. The number of carbonyl (C=O) groups is 2. The molecule has 3 rings (SSSR count). The summed E-state index contributed by atoms with van der Waals surface area (Å²) in [5.74, 6) is -1.56. The van der Waals surface area contributed by atoms with Gasteiger partial charge in [-0.05, 0) is 60.9 Å². The normalized spacial score (nSPS) is 11.0. The largest absolute Gasteiger partial charge is 0.479 e. The molecule has 0 unspecified atom stereocenters. The number of amides is 1. The summed E-state index contributed by atoms with van der Waals surface area (Å²) in [5.41, 5.74) is 2.25. The highest BCUT2D eigenvalue weighted by molar-refractivity contribution is 7.92. The van der Waals surface area contributed by atoms with Gasteiger partial charge < -0.3 is 15.2 Å². The van der Waals surface area contributed by atoms with Gasteiger partial charge in [0.05, 0.1) is 5.69 Å². The van der Waals surface area contributed by atoms with E-state index in [4.69, 9.17) is 9.84 Å². The van der Waals surface area contributed by atoms with Gasteiger partial charge >= 0.3 is 5.97 Å². The van der Waals surface area contributed by atoms with Gasteiger partial charge in [-0.15, -0.1) is 0 Å². The molecule has 1 amide bonds. The number of carboxylic acids is 1. The second-order valence-electron chi connectivity index (χ2n) is 7.15. The van der Waals surface area contributed by atoms with Crippen molar-refractivity contribution in [2.24, 2.45) is 0 Å². The van der Waals surface area contributed by atoms with Crippen LogP contribution in [0.15, 0.2) is 65.8 Å². The van der Waals surface area contributed by atoms with Crippen molar-refractivity contribution < 1.29 is 27.9 Å². The average Bonchev–Trinajstić information content (AvgIpc) is 2.78. The lowest BCUT2D eigenvalue weighted by Gasteiger charge is -2.17. The Kier molecular flexibility index (Phi) is 7.29. The number of benzene rings is 2. The molecular weight excluding hydrogens is 446 g/mol. The van der Waals surface area contributed by atoms with Crippen molar-refractivity contribution in [1.29, 1.82) is 0 Å². The van der Waals surface area contributed by atoms with Crippen LogP contribution < -0.4 is 14.8 Å². The highest BCUT2D eigenvalue weighted by atomic mass is 32.2. The molecule has 172 valence electrons. The number of rotatable bonds is 9. The topological polar surface area (TPSA) is 135 Å². The summed E-state index contributed by atoms with van der Waals surface area (Å²) in [6.07, 6.45) is 3.46. The summed E-state index contributed by atoms with van der Waals surface area (Å²) in [6, 6.07) is 12.9. The molecule has 0 aliphatic rings. The molecule has 33 heavy (non-hydrogen) atoms. The van der Waals surface area contributed by atoms with Crippen LogP contribution in [0.4, 0.5) is 11.4 Å². The van der Waals surface area contributed by atoms with Gasteiger partial charge in [-0.25, -0.2) is 13.2 Å². The molecule has 9 nitrogen and oxygen atoms in total. The highest BCUT2D eigenvalue weighted by Gasteiger charge is 2.20. The molecule has 0 saturated heterocycles. The quantitative estimate of drug-likeness (QED) is 0.437. The number of carbonyl (C=O) groups excluding carboxylic acids is 1. The third-order valence-electron chi connectivity index (χ3n) is 4.69. The zero-order chi connectivity index (χ0) is 24.0. The lowest BCUT2D eigenvalue weighted by Crippen LogP contribution is -2.17. The number of carboxylic acid groups (broad SMARTS) is 1. The van der Waals surface area contributed by atoms with E-state index < -0.39 is 22.6 Å². The second kappa shape index (κ2) is 10.1. The van der Waals surface area contributed by atoms with Crippen LogP contribution in [0, 0.1) is 6.92 Å². The number of ether oxygens (including phenoxy) is 1. The lowest BCUT2D eigenvalue weighted by atomic mass is 10.1. The Bertz CT molecular complexity index is 1260. The molecule has 0 spiro atoms. The number of hydrogen-bond donors (Lipinski definition) is 3. The Labute approximate surface area is 191 Å². The van der Waals surface area contributed by atoms with Crippen LogP contribution in [0.1, 0.15) is 28.4 Å². The summed E-state index contributed by atoms with van der Waals surface area (Å²) in [4.78, 5) is 27.4. The van der Waals surface area contributed by atoms with Crippen molar-refractivity contribution >= 4 is 33.3 Å². The summed E-state index contributed by atoms with van der Waals surface area (Å²) < 4.78 is 33.3. The molecule has 0 radical (unpaired) electrons. The molecule has 3 aromatic rings. The number of aliphatic carboxylic acids is 1. The summed E-state index contributed by atoms with van der Waals surface area (Å²) in [5, 5.41) is 11.7. The molecule has 0 bridgehead atoms. The predicted octanol–water partition coefficient (Wildman–Crippen LogP) is 3.47. The van der Waals surface area contributed by atoms with E-state index in [0.717, 1.165) is 12.0 Å². The molecule has 0 fully saturated rings. The average molecular weight is 470 g/mol. The van der Waals surface area contributed by atoms with Crippen molar-refractivity contribution in [2.75, 3.05) is 16.6 Å². The number of hydrogen-bond acceptors (Lipinski definition) is 6. The van der Waals surface area contributed by atoms with E-state index in [1.807, 2.05) is 19.1 Å². The van der Waals surface area contributed by atoms with Crippen LogP contribution in [0.5, 0.6) is 5.75 Å². The van der Waals surface area contributed by atoms with Crippen molar-refractivity contribution in [3.05, 3.63) is 77.6 Å². The number of aromatic nitrogens is 1. The fourth-order valence-electron chi connectivity index (χ4n) is 3.05. The second-order valence-corrected chi connectivity index (χ2v) is 8.83. The van der Waals surface area contributed by atoms with Crippen molar-refractivity contribution in [1.82, 2.24) is 4.98 Å². The van der Waals surface area contributed by atoms with Crippen LogP contribution in [0.25, 0.3) is 0 Å². The number of pyridine rings is 1. The fourth-order valence-corrected chi connectivity index (χ4v) is 4.07. The molecule has 0 aliphatic carbocycles. The first kappa shape index (κ1) is 23.7. The fraction of sp³-hybridized carbons (Fsp3) is 0.174. The number of aryl methyl sites for hydroxylation is 2. The van der Waals surface area contributed by atoms with Crippen LogP contribution in [0.3, 0.4) is 0 Å². The van der Waals surface area contributed by atoms with Gasteiger partial charge in [-0.3, -0.25) is 14.5 Å². The van der Waals surface area contributed by atoms with Crippen LogP contribution in [-0.4, -0.2) is 37.0 Å². The summed E-state index contributed by atoms with van der Waals surface area (Å²) in [7, 11) is -4.05. The predicted molar refractivity (Wildman–Crippen MR) is 123 cm³/mol. The van der Waals surface area contributed by atoms with Crippen molar-refractivity contribution in [2.45, 2.75) is 25.2 Å². The molecule has 3 N–H and O–H groups in total. The van der Waals surface area contributed by atoms with E-state index in [-0.39, 0.29) is 22.2 Å². The third kappa shape index (κ3) is 6.07. The maximum absolute atomic E-state index is 12.8. The Morgan fingerprint density at radius 3 is 2.45 bits per heavy atom. The van der Waals surface area contributed by atoms with Gasteiger partial charge in [0, 0.05) is 23.6 Å². The van der Waals surface area contributed by atoms with Crippen LogP contribution >= 0.6 is 0 Å². The van der Waals surface area contributed by atoms with E-state index in [2.05, 4.69) is 15.0 Å². The SMILES string of the molecule is CCc1ccc(C(=O)Nc2cc(C)c(OCC(=O)O)c(NS(=O)(=O)c3cccnc3)c2)cc1. The van der Waals surface area contributed by atoms with Crippen LogP contribution in [-0.2, 0) is 21.2 Å². The first-order valence-corrected chi connectivity index (χ1v) is 11.5. The Morgan fingerprint density at radius 2 is 1.85 bits per heavy atom. The van der Waals surface area contributed by atoms with Crippen LogP contribution in [0.2, 0.25) is 0 Å². The molecule has 0 atom stereocenters. The first-order chi connectivity index (χ1) is 15.7. The molecule has 2 aromatic carbocycles. The van der Waals surface area contributed by atoms with E-state index in [0.29, 0.717) is 16.8 Å². The minimum absolute atomic E-state index is 0.0169. The van der Waals surface area contributed by atoms with Gasteiger partial charge in [-0.1, -0.05) is 19.1 Å². The minimum atomic E-state index is -4.05. The standard InChI is InChI=1S/C23H23N3O6S/c1-3-16-6-8-17(9-7-16)23(29)25-18-11-15(2)22(32-14-21(27)28)20(12-18)26-33(30,31)19-5-4-10-24-13-19/h4-13,26H,3,14H2,1-2H3,(H,25,29)(H,27,28). The zero-order valence-electron chi connectivity index (χ0n) is 18.0. The molecule has 0 aliphatic heterocycles. The van der Waals surface area contributed by atoms with Gasteiger partial charge in [0.1, 0.15) is 10.6 Å². The Balaban J connectivity index is 1.94. The number of nitrogens with zero attached hydrogens (tertiary/aromatic N) is 1. The van der Waals surface area contributed by atoms with E-state index in [1.165, 1.54) is 30.6 Å². The van der Waals surface area contributed by atoms with Crippen molar-refractivity contribution in [3.8, 4) is 5.75 Å². The van der Waals surface area contributed by atoms with Gasteiger partial charge in [0.25, 0.3) is 15.9 Å². The number of anilines is 2. The van der Waals surface area contributed by atoms with E-state index in [9.17, 15) is 18.0 Å². The minimum Gasteiger partial charge on any atom is -0.479 e. The molecule has 10 heteroatoms. The highest BCUT2D eigenvalue weighted by Crippen LogP contribution is 2.34. The molecular formula is C23H23N3O6S. The van der Waals surface area contributed by atoms with E-state index >= 15 is 0 Å². The summed E-state index contributed by atoms with van der Waals surface area (Å²) in [6.45, 7) is 2.96. The number of nitrogens with one attached hydrogen (secondary N) is 2. The van der Waals surface area contributed by atoms with E-state index in [1.54, 1.807) is 25.1 Å². The number of sulfonamides is 1. The molecule has 1 aromatic heterocycles. The van der Waals surface area contributed by atoms with Gasteiger partial charge in [-0.2, -0.15) is 0 Å². The summed E-state index contributed by atoms with van der Waals surface area (Å²) >= 11 is 0.